The summed E-state index contributed by atoms with van der Waals surface area (Å²) >= 11 is 0. The molecule has 0 aliphatic carbocycles. The van der Waals surface area contributed by atoms with E-state index in [0.29, 0.717) is 0 Å². The molecule has 1 aromatic heterocycles. The fourth-order valence-corrected chi connectivity index (χ4v) is 1.62. The summed E-state index contributed by atoms with van der Waals surface area (Å²) in [6.07, 6.45) is 1.73. The Morgan fingerprint density at radius 3 is 2.53 bits per heavy atom. The standard InChI is InChI=1S/C12H22N2O/c1-6-13-11(10-8-7-9-15-10)12(2,3)14(4)5/h7-9,11,13H,6H2,1-5H3. The summed E-state index contributed by atoms with van der Waals surface area (Å²) in [5, 5.41) is 3.47. The molecule has 3 heteroatoms. The first-order chi connectivity index (χ1) is 7.00. The van der Waals surface area contributed by atoms with Crippen LogP contribution in [0.1, 0.15) is 32.6 Å². The predicted molar refractivity (Wildman–Crippen MR) is 62.9 cm³/mol. The molecule has 0 radical (unpaired) electrons. The molecule has 3 nitrogen and oxygen atoms in total. The fourth-order valence-electron chi connectivity index (χ4n) is 1.62. The number of likely N-dealkylation sites (N-methyl/N-ethyl adjacent to an activating group) is 2. The summed E-state index contributed by atoms with van der Waals surface area (Å²) < 4.78 is 5.50. The smallest absolute Gasteiger partial charge is 0.122 e. The van der Waals surface area contributed by atoms with Gasteiger partial charge in [-0.3, -0.25) is 0 Å². The Hall–Kier alpha value is -0.800. The molecule has 86 valence electrons. The van der Waals surface area contributed by atoms with Gasteiger partial charge in [-0.2, -0.15) is 0 Å². The van der Waals surface area contributed by atoms with E-state index in [1.807, 2.05) is 12.1 Å². The molecule has 0 saturated heterocycles. The van der Waals surface area contributed by atoms with Gasteiger partial charge in [-0.1, -0.05) is 6.92 Å². The normalized spacial score (nSPS) is 14.5. The van der Waals surface area contributed by atoms with E-state index in [0.717, 1.165) is 12.3 Å². The van der Waals surface area contributed by atoms with E-state index < -0.39 is 0 Å². The number of nitrogens with one attached hydrogen (secondary N) is 1. The topological polar surface area (TPSA) is 28.4 Å². The van der Waals surface area contributed by atoms with E-state index in [1.165, 1.54) is 0 Å². The predicted octanol–water partition coefficient (Wildman–Crippen LogP) is 2.27. The first-order valence-corrected chi connectivity index (χ1v) is 5.44. The highest BCUT2D eigenvalue weighted by Crippen LogP contribution is 2.29. The zero-order valence-corrected chi connectivity index (χ0v) is 10.4. The van der Waals surface area contributed by atoms with E-state index in [2.05, 4.69) is 45.1 Å². The Balaban J connectivity index is 2.92. The summed E-state index contributed by atoms with van der Waals surface area (Å²) in [5.41, 5.74) is 0.0217. The maximum Gasteiger partial charge on any atom is 0.122 e. The number of furan rings is 1. The minimum absolute atomic E-state index is 0.0217. The molecule has 1 unspecified atom stereocenters. The summed E-state index contributed by atoms with van der Waals surface area (Å²) in [5.74, 6) is 0.996. The molecule has 1 aromatic rings. The van der Waals surface area contributed by atoms with Gasteiger partial charge in [0.2, 0.25) is 0 Å². The van der Waals surface area contributed by atoms with Crippen LogP contribution in [-0.4, -0.2) is 31.1 Å². The van der Waals surface area contributed by atoms with Crippen LogP contribution in [0.2, 0.25) is 0 Å². The van der Waals surface area contributed by atoms with Gasteiger partial charge in [0.15, 0.2) is 0 Å². The van der Waals surface area contributed by atoms with E-state index in [-0.39, 0.29) is 11.6 Å². The fraction of sp³-hybridized carbons (Fsp3) is 0.667. The second-order valence-corrected chi connectivity index (χ2v) is 4.55. The summed E-state index contributed by atoms with van der Waals surface area (Å²) in [7, 11) is 4.18. The van der Waals surface area contributed by atoms with E-state index in [4.69, 9.17) is 4.42 Å². The lowest BCUT2D eigenvalue weighted by Crippen LogP contribution is -2.49. The van der Waals surface area contributed by atoms with Crippen molar-refractivity contribution in [2.45, 2.75) is 32.4 Å². The molecule has 1 heterocycles. The van der Waals surface area contributed by atoms with Crippen molar-refractivity contribution in [2.24, 2.45) is 0 Å². The Kier molecular flexibility index (Phi) is 3.94. The lowest BCUT2D eigenvalue weighted by atomic mass is 9.91. The van der Waals surface area contributed by atoms with Crippen molar-refractivity contribution in [1.29, 1.82) is 0 Å². The third kappa shape index (κ3) is 2.61. The Labute approximate surface area is 92.5 Å². The lowest BCUT2D eigenvalue weighted by Gasteiger charge is -2.39. The van der Waals surface area contributed by atoms with Gasteiger partial charge in [0.25, 0.3) is 0 Å². The molecule has 0 saturated carbocycles. The van der Waals surface area contributed by atoms with E-state index in [1.54, 1.807) is 6.26 Å². The third-order valence-electron chi connectivity index (χ3n) is 3.10. The van der Waals surface area contributed by atoms with Crippen molar-refractivity contribution in [3.63, 3.8) is 0 Å². The van der Waals surface area contributed by atoms with Gasteiger partial charge in [0, 0.05) is 5.54 Å². The molecule has 0 spiro atoms. The lowest BCUT2D eigenvalue weighted by molar-refractivity contribution is 0.126. The Bertz CT molecular complexity index is 278. The highest BCUT2D eigenvalue weighted by atomic mass is 16.3. The number of hydrogen-bond donors (Lipinski definition) is 1. The number of hydrogen-bond acceptors (Lipinski definition) is 3. The van der Waals surface area contributed by atoms with Crippen molar-refractivity contribution in [3.05, 3.63) is 24.2 Å². The average molecular weight is 210 g/mol. The van der Waals surface area contributed by atoms with Gasteiger partial charge in [-0.05, 0) is 46.6 Å². The zero-order valence-electron chi connectivity index (χ0n) is 10.4. The number of rotatable bonds is 5. The SMILES string of the molecule is CCNC(c1ccco1)C(C)(C)N(C)C. The van der Waals surface area contributed by atoms with Gasteiger partial charge in [-0.15, -0.1) is 0 Å². The van der Waals surface area contributed by atoms with Gasteiger partial charge >= 0.3 is 0 Å². The van der Waals surface area contributed by atoms with Crippen molar-refractivity contribution >= 4 is 0 Å². The second kappa shape index (κ2) is 4.81. The highest BCUT2D eigenvalue weighted by molar-refractivity contribution is 5.11. The summed E-state index contributed by atoms with van der Waals surface area (Å²) in [6.45, 7) is 7.47. The van der Waals surface area contributed by atoms with Crippen LogP contribution >= 0.6 is 0 Å². The van der Waals surface area contributed by atoms with Gasteiger partial charge in [0.1, 0.15) is 5.76 Å². The minimum Gasteiger partial charge on any atom is -0.468 e. The molecule has 1 atom stereocenters. The quantitative estimate of drug-likeness (QED) is 0.808. The maximum atomic E-state index is 5.50. The van der Waals surface area contributed by atoms with Crippen LogP contribution in [0.3, 0.4) is 0 Å². The third-order valence-corrected chi connectivity index (χ3v) is 3.10. The molecule has 1 N–H and O–H groups in total. The van der Waals surface area contributed by atoms with E-state index in [9.17, 15) is 0 Å². The van der Waals surface area contributed by atoms with Gasteiger partial charge < -0.3 is 14.6 Å². The minimum atomic E-state index is 0.0217. The first kappa shape index (κ1) is 12.3. The Morgan fingerprint density at radius 1 is 1.47 bits per heavy atom. The molecule has 0 aromatic carbocycles. The van der Waals surface area contributed by atoms with Crippen LogP contribution < -0.4 is 5.32 Å². The molecule has 0 fully saturated rings. The van der Waals surface area contributed by atoms with Crippen LogP contribution in [-0.2, 0) is 0 Å². The van der Waals surface area contributed by atoms with Crippen molar-refractivity contribution in [2.75, 3.05) is 20.6 Å². The van der Waals surface area contributed by atoms with Crippen molar-refractivity contribution in [1.82, 2.24) is 10.2 Å². The van der Waals surface area contributed by atoms with Crippen LogP contribution in [0.15, 0.2) is 22.8 Å². The van der Waals surface area contributed by atoms with Crippen LogP contribution in [0.5, 0.6) is 0 Å². The average Bonchev–Trinajstić information content (AvgIpc) is 2.66. The van der Waals surface area contributed by atoms with Gasteiger partial charge in [0.05, 0.1) is 12.3 Å². The van der Waals surface area contributed by atoms with Crippen LogP contribution in [0.4, 0.5) is 0 Å². The molecule has 0 bridgehead atoms. The second-order valence-electron chi connectivity index (χ2n) is 4.55. The van der Waals surface area contributed by atoms with E-state index >= 15 is 0 Å². The van der Waals surface area contributed by atoms with Crippen molar-refractivity contribution < 1.29 is 4.42 Å². The highest BCUT2D eigenvalue weighted by Gasteiger charge is 2.33. The first-order valence-electron chi connectivity index (χ1n) is 5.44. The molecule has 1 rings (SSSR count). The van der Waals surface area contributed by atoms with Crippen LogP contribution in [0, 0.1) is 0 Å². The maximum absolute atomic E-state index is 5.50. The molecule has 15 heavy (non-hydrogen) atoms. The monoisotopic (exact) mass is 210 g/mol. The summed E-state index contributed by atoms with van der Waals surface area (Å²) in [6, 6.07) is 4.18. The molecular formula is C12H22N2O. The zero-order chi connectivity index (χ0) is 11.5. The summed E-state index contributed by atoms with van der Waals surface area (Å²) in [4.78, 5) is 2.21. The van der Waals surface area contributed by atoms with Gasteiger partial charge in [-0.25, -0.2) is 0 Å². The van der Waals surface area contributed by atoms with Crippen LogP contribution in [0.25, 0.3) is 0 Å². The number of nitrogens with zero attached hydrogens (tertiary/aromatic N) is 1. The molecule has 0 aliphatic rings. The molecular weight excluding hydrogens is 188 g/mol. The Morgan fingerprint density at radius 2 is 2.13 bits per heavy atom. The largest absolute Gasteiger partial charge is 0.468 e. The molecule has 0 amide bonds. The van der Waals surface area contributed by atoms with Crippen molar-refractivity contribution in [3.8, 4) is 0 Å². The molecule has 0 aliphatic heterocycles.